The highest BCUT2D eigenvalue weighted by molar-refractivity contribution is 5.73. The van der Waals surface area contributed by atoms with Crippen molar-refractivity contribution >= 4 is 5.91 Å². The van der Waals surface area contributed by atoms with Gasteiger partial charge in [0.15, 0.2) is 0 Å². The molecule has 4 heteroatoms. The molecule has 0 fully saturated rings. The number of hydrogen-bond acceptors (Lipinski definition) is 3. The fourth-order valence-electron chi connectivity index (χ4n) is 3.30. The first-order chi connectivity index (χ1) is 14.6. The van der Waals surface area contributed by atoms with Crippen molar-refractivity contribution in [1.82, 2.24) is 5.32 Å². The van der Waals surface area contributed by atoms with Crippen LogP contribution in [0.2, 0.25) is 0 Å². The molecule has 0 aliphatic carbocycles. The van der Waals surface area contributed by atoms with E-state index in [4.69, 9.17) is 0 Å². The van der Waals surface area contributed by atoms with Gasteiger partial charge < -0.3 is 15.5 Å². The van der Waals surface area contributed by atoms with Crippen molar-refractivity contribution in [2.24, 2.45) is 0 Å². The highest BCUT2D eigenvalue weighted by Gasteiger charge is 2.15. The monoisotopic (exact) mass is 421 g/mol. The lowest BCUT2D eigenvalue weighted by molar-refractivity contribution is -0.120. The molecule has 0 saturated carbocycles. The van der Waals surface area contributed by atoms with Gasteiger partial charge in [-0.3, -0.25) is 4.79 Å². The summed E-state index contributed by atoms with van der Waals surface area (Å²) in [6, 6.07) is -0.642. The van der Waals surface area contributed by atoms with E-state index in [0.29, 0.717) is 0 Å². The summed E-state index contributed by atoms with van der Waals surface area (Å²) < 4.78 is 0. The molecule has 0 aromatic rings. The number of aliphatic hydroxyl groups is 2. The van der Waals surface area contributed by atoms with Gasteiger partial charge in [-0.15, -0.1) is 0 Å². The maximum absolute atomic E-state index is 11.0. The largest absolute Gasteiger partial charge is 0.394 e. The third-order valence-corrected chi connectivity index (χ3v) is 5.14. The SMILES string of the molecule is CCCCCCCCCCC/C=C/CC/C=C/CC/C=C/C(O)C(CO)NC(C)=O. The molecule has 0 bridgehead atoms. The van der Waals surface area contributed by atoms with Crippen molar-refractivity contribution < 1.29 is 15.0 Å². The van der Waals surface area contributed by atoms with Gasteiger partial charge in [0.25, 0.3) is 0 Å². The van der Waals surface area contributed by atoms with Gasteiger partial charge in [-0.1, -0.05) is 94.7 Å². The Morgan fingerprint density at radius 3 is 1.73 bits per heavy atom. The van der Waals surface area contributed by atoms with Gasteiger partial charge in [0.2, 0.25) is 5.91 Å². The number of hydrogen-bond donors (Lipinski definition) is 3. The highest BCUT2D eigenvalue weighted by Crippen LogP contribution is 2.11. The minimum Gasteiger partial charge on any atom is -0.394 e. The normalized spacial score (nSPS) is 14.1. The summed E-state index contributed by atoms with van der Waals surface area (Å²) >= 11 is 0. The summed E-state index contributed by atoms with van der Waals surface area (Å²) in [7, 11) is 0. The third-order valence-electron chi connectivity index (χ3n) is 5.14. The minimum atomic E-state index is -0.862. The molecule has 0 rings (SSSR count). The summed E-state index contributed by atoms with van der Waals surface area (Å²) in [5.74, 6) is -0.258. The number of aliphatic hydroxyl groups excluding tert-OH is 2. The fraction of sp³-hybridized carbons (Fsp3) is 0.731. The molecule has 0 spiro atoms. The maximum atomic E-state index is 11.0. The van der Waals surface area contributed by atoms with E-state index in [1.807, 2.05) is 6.08 Å². The van der Waals surface area contributed by atoms with Crippen molar-refractivity contribution in [3.05, 3.63) is 36.5 Å². The number of carbonyl (C=O) groups excluding carboxylic acids is 1. The topological polar surface area (TPSA) is 69.6 Å². The molecule has 0 aliphatic heterocycles. The van der Waals surface area contributed by atoms with Crippen LogP contribution in [0.25, 0.3) is 0 Å². The van der Waals surface area contributed by atoms with Crippen LogP contribution < -0.4 is 5.32 Å². The van der Waals surface area contributed by atoms with Crippen LogP contribution in [0.15, 0.2) is 36.5 Å². The number of allylic oxidation sites excluding steroid dienone is 5. The van der Waals surface area contributed by atoms with E-state index < -0.39 is 12.1 Å². The molecule has 0 aromatic heterocycles. The smallest absolute Gasteiger partial charge is 0.217 e. The standard InChI is InChI=1S/C26H47NO3/c1-3-4-5-6-7-8-9-10-11-12-13-14-15-16-17-18-19-20-21-22-26(30)25(23-28)27-24(2)29/h13-14,17-18,21-22,25-26,28,30H,3-12,15-16,19-20,23H2,1-2H3,(H,27,29)/b14-13+,18-17+,22-21+. The van der Waals surface area contributed by atoms with E-state index in [9.17, 15) is 15.0 Å². The first-order valence-electron chi connectivity index (χ1n) is 12.1. The summed E-state index contributed by atoms with van der Waals surface area (Å²) in [4.78, 5) is 11.0. The lowest BCUT2D eigenvalue weighted by Crippen LogP contribution is -2.44. The lowest BCUT2D eigenvalue weighted by atomic mass is 10.1. The Morgan fingerprint density at radius 1 is 0.767 bits per heavy atom. The molecule has 0 aliphatic rings. The highest BCUT2D eigenvalue weighted by atomic mass is 16.3. The average Bonchev–Trinajstić information content (AvgIpc) is 2.73. The van der Waals surface area contributed by atoms with Crippen LogP contribution in [0.4, 0.5) is 0 Å². The van der Waals surface area contributed by atoms with E-state index in [1.54, 1.807) is 6.08 Å². The van der Waals surface area contributed by atoms with Crippen LogP contribution in [0.5, 0.6) is 0 Å². The van der Waals surface area contributed by atoms with Gasteiger partial charge >= 0.3 is 0 Å². The Labute approximate surface area is 185 Å². The van der Waals surface area contributed by atoms with Gasteiger partial charge in [0, 0.05) is 6.92 Å². The molecule has 0 saturated heterocycles. The van der Waals surface area contributed by atoms with Crippen molar-refractivity contribution in [2.75, 3.05) is 6.61 Å². The van der Waals surface area contributed by atoms with Crippen LogP contribution in [0.3, 0.4) is 0 Å². The van der Waals surface area contributed by atoms with Crippen LogP contribution >= 0.6 is 0 Å². The van der Waals surface area contributed by atoms with Gasteiger partial charge in [0.05, 0.1) is 18.8 Å². The summed E-state index contributed by atoms with van der Waals surface area (Å²) in [6.45, 7) is 3.36. The first kappa shape index (κ1) is 28.6. The predicted molar refractivity (Wildman–Crippen MR) is 128 cm³/mol. The van der Waals surface area contributed by atoms with Gasteiger partial charge in [-0.05, 0) is 38.5 Å². The lowest BCUT2D eigenvalue weighted by Gasteiger charge is -2.18. The number of nitrogens with one attached hydrogen (secondary N) is 1. The van der Waals surface area contributed by atoms with Crippen molar-refractivity contribution in [3.8, 4) is 0 Å². The summed E-state index contributed by atoms with van der Waals surface area (Å²) in [6.07, 6.45) is 29.3. The molecule has 2 atom stereocenters. The molecule has 0 heterocycles. The molecule has 0 radical (unpaired) electrons. The quantitative estimate of drug-likeness (QED) is 0.167. The Kier molecular flexibility index (Phi) is 21.3. The molecule has 1 amide bonds. The third kappa shape index (κ3) is 19.9. The Bertz CT molecular complexity index is 471. The molecule has 30 heavy (non-hydrogen) atoms. The molecule has 4 nitrogen and oxygen atoms in total. The zero-order valence-corrected chi connectivity index (χ0v) is 19.5. The van der Waals surface area contributed by atoms with E-state index in [0.717, 1.165) is 25.7 Å². The van der Waals surface area contributed by atoms with Gasteiger partial charge in [-0.25, -0.2) is 0 Å². The molecule has 2 unspecified atom stereocenters. The fourth-order valence-corrected chi connectivity index (χ4v) is 3.30. The van der Waals surface area contributed by atoms with E-state index >= 15 is 0 Å². The number of carbonyl (C=O) groups is 1. The molecule has 3 N–H and O–H groups in total. The average molecular weight is 422 g/mol. The molecule has 174 valence electrons. The van der Waals surface area contributed by atoms with Crippen LogP contribution in [-0.4, -0.2) is 34.9 Å². The maximum Gasteiger partial charge on any atom is 0.217 e. The van der Waals surface area contributed by atoms with Crippen LogP contribution in [-0.2, 0) is 4.79 Å². The number of unbranched alkanes of at least 4 members (excludes halogenated alkanes) is 11. The Balaban J connectivity index is 3.53. The van der Waals surface area contributed by atoms with Gasteiger partial charge in [0.1, 0.15) is 0 Å². The van der Waals surface area contributed by atoms with E-state index in [-0.39, 0.29) is 12.5 Å². The second kappa shape index (κ2) is 22.3. The van der Waals surface area contributed by atoms with E-state index in [2.05, 4.69) is 36.5 Å². The number of amides is 1. The second-order valence-corrected chi connectivity index (χ2v) is 8.12. The van der Waals surface area contributed by atoms with Gasteiger partial charge in [-0.2, -0.15) is 0 Å². The number of rotatable bonds is 20. The molecule has 0 aromatic carbocycles. The van der Waals surface area contributed by atoms with Crippen molar-refractivity contribution in [2.45, 2.75) is 116 Å². The van der Waals surface area contributed by atoms with Crippen molar-refractivity contribution in [3.63, 3.8) is 0 Å². The first-order valence-corrected chi connectivity index (χ1v) is 12.1. The van der Waals surface area contributed by atoms with Crippen LogP contribution in [0, 0.1) is 0 Å². The summed E-state index contributed by atoms with van der Waals surface area (Å²) in [5.41, 5.74) is 0. The molecular weight excluding hydrogens is 374 g/mol. The predicted octanol–water partition coefficient (Wildman–Crippen LogP) is 5.99. The Morgan fingerprint density at radius 2 is 1.23 bits per heavy atom. The van der Waals surface area contributed by atoms with E-state index in [1.165, 1.54) is 71.1 Å². The molecular formula is C26H47NO3. The summed E-state index contributed by atoms with van der Waals surface area (Å²) in [5, 5.41) is 21.6. The minimum absolute atomic E-state index is 0.258. The zero-order chi connectivity index (χ0) is 22.3. The van der Waals surface area contributed by atoms with Crippen LogP contribution in [0.1, 0.15) is 104 Å². The zero-order valence-electron chi connectivity index (χ0n) is 19.5. The Hall–Kier alpha value is -1.39. The van der Waals surface area contributed by atoms with Crippen molar-refractivity contribution in [1.29, 1.82) is 0 Å². The second-order valence-electron chi connectivity index (χ2n) is 8.12.